The van der Waals surface area contributed by atoms with Gasteiger partial charge in [0.25, 0.3) is 0 Å². The quantitative estimate of drug-likeness (QED) is 0.803. The fourth-order valence-corrected chi connectivity index (χ4v) is 1.79. The van der Waals surface area contributed by atoms with Gasteiger partial charge in [0.2, 0.25) is 0 Å². The van der Waals surface area contributed by atoms with E-state index in [-0.39, 0.29) is 4.60 Å². The van der Waals surface area contributed by atoms with E-state index in [4.69, 9.17) is 0 Å². The molecule has 104 valence electrons. The lowest BCUT2D eigenvalue weighted by Gasteiger charge is -2.07. The lowest BCUT2D eigenvalue weighted by atomic mass is 10.3. The third kappa shape index (κ3) is 2.60. The van der Waals surface area contributed by atoms with Crippen LogP contribution in [-0.4, -0.2) is 20.0 Å². The Morgan fingerprint density at radius 1 is 1.11 bits per heavy atom. The molecule has 0 aliphatic rings. The van der Waals surface area contributed by atoms with Crippen LogP contribution in [0, 0.1) is 0 Å². The molecule has 4 nitrogen and oxygen atoms in total. The van der Waals surface area contributed by atoms with Gasteiger partial charge in [-0.15, -0.1) is 0 Å². The van der Waals surface area contributed by atoms with Gasteiger partial charge in [0.05, 0.1) is 0 Å². The summed E-state index contributed by atoms with van der Waals surface area (Å²) in [5.74, 6) is 0. The number of hydrogen-bond acceptors (Lipinski definition) is 2. The molecule has 0 amide bonds. The van der Waals surface area contributed by atoms with Crippen molar-refractivity contribution in [3.05, 3.63) is 28.3 Å². The second kappa shape index (κ2) is 4.25. The number of halogens is 7. The van der Waals surface area contributed by atoms with E-state index in [0.717, 1.165) is 6.20 Å². The molecule has 0 aliphatic heterocycles. The average molecular weight is 349 g/mol. The Bertz CT molecular complexity index is 595. The van der Waals surface area contributed by atoms with Gasteiger partial charge in [-0.3, -0.25) is 5.10 Å². The van der Waals surface area contributed by atoms with E-state index in [1.807, 2.05) is 0 Å². The third-order valence-electron chi connectivity index (χ3n) is 2.09. The summed E-state index contributed by atoms with van der Waals surface area (Å²) in [6.07, 6.45) is -8.76. The van der Waals surface area contributed by atoms with Crippen molar-refractivity contribution in [2.75, 3.05) is 0 Å². The van der Waals surface area contributed by atoms with Crippen LogP contribution in [0.25, 0.3) is 5.69 Å². The molecule has 19 heavy (non-hydrogen) atoms. The Morgan fingerprint density at radius 2 is 1.74 bits per heavy atom. The molecule has 2 rings (SSSR count). The molecular formula is C8H3BrF6N4. The second-order valence-corrected chi connectivity index (χ2v) is 4.13. The molecule has 0 unspecified atom stereocenters. The predicted molar refractivity (Wildman–Crippen MR) is 53.4 cm³/mol. The number of nitrogens with one attached hydrogen (secondary N) is 1. The summed E-state index contributed by atoms with van der Waals surface area (Å²) in [5, 5.41) is 8.02. The van der Waals surface area contributed by atoms with E-state index in [9.17, 15) is 26.3 Å². The molecule has 0 saturated carbocycles. The first-order valence-electron chi connectivity index (χ1n) is 4.55. The van der Waals surface area contributed by atoms with Crippen molar-refractivity contribution in [1.29, 1.82) is 0 Å². The molecule has 0 spiro atoms. The molecule has 0 aliphatic carbocycles. The SMILES string of the molecule is FC(F)(F)c1ccn(-c2c(Br)n[nH]c2C(F)(F)F)n1. The molecule has 2 aromatic heterocycles. The summed E-state index contributed by atoms with van der Waals surface area (Å²) < 4.78 is 75.1. The summed E-state index contributed by atoms with van der Waals surface area (Å²) in [6.45, 7) is 0. The first-order valence-corrected chi connectivity index (χ1v) is 5.34. The Labute approximate surface area is 109 Å². The fourth-order valence-electron chi connectivity index (χ4n) is 1.32. The number of alkyl halides is 6. The predicted octanol–water partition coefficient (Wildman–Crippen LogP) is 3.40. The Balaban J connectivity index is 2.54. The topological polar surface area (TPSA) is 46.5 Å². The van der Waals surface area contributed by atoms with Gasteiger partial charge in [-0.05, 0) is 22.0 Å². The number of aromatic nitrogens is 4. The number of nitrogens with zero attached hydrogens (tertiary/aromatic N) is 3. The standard InChI is InChI=1S/C8H3BrF6N4/c9-6-4(5(16-17-6)8(13,14)15)19-2-1-3(18-19)7(10,11)12/h1-2H,(H,16,17). The molecule has 0 bridgehead atoms. The Morgan fingerprint density at radius 3 is 2.21 bits per heavy atom. The Kier molecular flexibility index (Phi) is 3.11. The van der Waals surface area contributed by atoms with E-state index in [2.05, 4.69) is 26.1 Å². The number of H-pyrrole nitrogens is 1. The highest BCUT2D eigenvalue weighted by molar-refractivity contribution is 9.10. The molecule has 0 atom stereocenters. The minimum Gasteiger partial charge on any atom is -0.271 e. The van der Waals surface area contributed by atoms with Gasteiger partial charge in [-0.1, -0.05) is 0 Å². The minimum absolute atomic E-state index is 0.295. The highest BCUT2D eigenvalue weighted by Gasteiger charge is 2.39. The van der Waals surface area contributed by atoms with Crippen molar-refractivity contribution >= 4 is 15.9 Å². The molecule has 0 radical (unpaired) electrons. The summed E-state index contributed by atoms with van der Waals surface area (Å²) >= 11 is 2.72. The highest BCUT2D eigenvalue weighted by atomic mass is 79.9. The first-order chi connectivity index (χ1) is 8.60. The van der Waals surface area contributed by atoms with E-state index in [1.165, 1.54) is 0 Å². The van der Waals surface area contributed by atoms with Crippen LogP contribution in [0.5, 0.6) is 0 Å². The van der Waals surface area contributed by atoms with Gasteiger partial charge in [0.1, 0.15) is 5.69 Å². The monoisotopic (exact) mass is 348 g/mol. The van der Waals surface area contributed by atoms with Crippen LogP contribution in [0.4, 0.5) is 26.3 Å². The van der Waals surface area contributed by atoms with Crippen LogP contribution < -0.4 is 0 Å². The van der Waals surface area contributed by atoms with Gasteiger partial charge in [0, 0.05) is 6.20 Å². The van der Waals surface area contributed by atoms with Gasteiger partial charge in [-0.2, -0.15) is 36.5 Å². The Hall–Kier alpha value is -1.52. The van der Waals surface area contributed by atoms with Crippen molar-refractivity contribution in [2.24, 2.45) is 0 Å². The van der Waals surface area contributed by atoms with Gasteiger partial charge in [-0.25, -0.2) is 4.68 Å². The zero-order chi connectivity index (χ0) is 14.4. The first kappa shape index (κ1) is 13.9. The van der Waals surface area contributed by atoms with Gasteiger partial charge in [0.15, 0.2) is 16.0 Å². The fraction of sp³-hybridized carbons (Fsp3) is 0.250. The minimum atomic E-state index is -4.79. The lowest BCUT2D eigenvalue weighted by molar-refractivity contribution is -0.141. The largest absolute Gasteiger partial charge is 0.435 e. The van der Waals surface area contributed by atoms with Crippen LogP contribution in [0.2, 0.25) is 0 Å². The van der Waals surface area contributed by atoms with Crippen molar-refractivity contribution < 1.29 is 26.3 Å². The summed E-state index contributed by atoms with van der Waals surface area (Å²) in [7, 11) is 0. The summed E-state index contributed by atoms with van der Waals surface area (Å²) in [4.78, 5) is 0. The van der Waals surface area contributed by atoms with Gasteiger partial charge >= 0.3 is 12.4 Å². The van der Waals surface area contributed by atoms with E-state index in [0.29, 0.717) is 10.7 Å². The third-order valence-corrected chi connectivity index (χ3v) is 2.64. The normalized spacial score (nSPS) is 13.0. The smallest absolute Gasteiger partial charge is 0.271 e. The lowest BCUT2D eigenvalue weighted by Crippen LogP contribution is -2.12. The number of hydrogen-bond donors (Lipinski definition) is 1. The number of rotatable bonds is 1. The van der Waals surface area contributed by atoms with Crippen molar-refractivity contribution in [2.45, 2.75) is 12.4 Å². The zero-order valence-electron chi connectivity index (χ0n) is 8.64. The maximum absolute atomic E-state index is 12.6. The molecule has 0 aromatic carbocycles. The molecule has 11 heteroatoms. The molecule has 2 heterocycles. The van der Waals surface area contributed by atoms with E-state index in [1.54, 1.807) is 5.10 Å². The van der Waals surface area contributed by atoms with Crippen LogP contribution in [0.1, 0.15) is 11.4 Å². The van der Waals surface area contributed by atoms with E-state index < -0.39 is 29.4 Å². The van der Waals surface area contributed by atoms with Gasteiger partial charge < -0.3 is 0 Å². The van der Waals surface area contributed by atoms with Crippen molar-refractivity contribution in [3.8, 4) is 5.69 Å². The van der Waals surface area contributed by atoms with E-state index >= 15 is 0 Å². The molecular weight excluding hydrogens is 346 g/mol. The average Bonchev–Trinajstić information content (AvgIpc) is 2.80. The molecule has 0 fully saturated rings. The zero-order valence-corrected chi connectivity index (χ0v) is 10.2. The summed E-state index contributed by atoms with van der Waals surface area (Å²) in [6, 6.07) is 0.569. The highest BCUT2D eigenvalue weighted by Crippen LogP contribution is 2.36. The summed E-state index contributed by atoms with van der Waals surface area (Å²) in [5.41, 5.74) is -3.23. The van der Waals surface area contributed by atoms with Crippen LogP contribution >= 0.6 is 15.9 Å². The van der Waals surface area contributed by atoms with Crippen LogP contribution in [0.15, 0.2) is 16.9 Å². The molecule has 1 N–H and O–H groups in total. The molecule has 2 aromatic rings. The second-order valence-electron chi connectivity index (χ2n) is 3.38. The maximum Gasteiger partial charge on any atom is 0.435 e. The van der Waals surface area contributed by atoms with Crippen LogP contribution in [-0.2, 0) is 12.4 Å². The molecule has 0 saturated heterocycles. The van der Waals surface area contributed by atoms with Crippen LogP contribution in [0.3, 0.4) is 0 Å². The van der Waals surface area contributed by atoms with Crippen molar-refractivity contribution in [3.63, 3.8) is 0 Å². The maximum atomic E-state index is 12.6. The number of aromatic amines is 1. The van der Waals surface area contributed by atoms with Crippen molar-refractivity contribution in [1.82, 2.24) is 20.0 Å².